The molecule has 20 heavy (non-hydrogen) atoms. The predicted molar refractivity (Wildman–Crippen MR) is 74.2 cm³/mol. The molecule has 1 saturated heterocycles. The summed E-state index contributed by atoms with van der Waals surface area (Å²) in [7, 11) is -3.78. The molecule has 0 aromatic heterocycles. The lowest BCUT2D eigenvalue weighted by Gasteiger charge is -2.26. The average molecular weight is 319 g/mol. The number of aromatic carboxylic acids is 1. The summed E-state index contributed by atoms with van der Waals surface area (Å²) in [5.41, 5.74) is -0.229. The Kier molecular flexibility index (Phi) is 4.64. The molecule has 0 spiro atoms. The van der Waals surface area contributed by atoms with Crippen molar-refractivity contribution in [3.05, 3.63) is 28.8 Å². The van der Waals surface area contributed by atoms with Gasteiger partial charge in [0.05, 0.1) is 15.5 Å². The number of nitrogens with zero attached hydrogens (tertiary/aromatic N) is 1. The molecule has 0 radical (unpaired) electrons. The number of carboxylic acids is 1. The molecular formula is C12H15ClN2O4S. The highest BCUT2D eigenvalue weighted by Crippen LogP contribution is 2.21. The second kappa shape index (κ2) is 6.09. The molecule has 2 N–H and O–H groups in total. The Morgan fingerprint density at radius 3 is 2.50 bits per heavy atom. The van der Waals surface area contributed by atoms with Crippen LogP contribution in [0, 0.1) is 0 Å². The van der Waals surface area contributed by atoms with E-state index in [1.54, 1.807) is 5.01 Å². The van der Waals surface area contributed by atoms with Gasteiger partial charge in [-0.2, -0.15) is 0 Å². The highest BCUT2D eigenvalue weighted by Gasteiger charge is 2.22. The molecule has 1 aromatic rings. The lowest BCUT2D eigenvalue weighted by atomic mass is 10.2. The summed E-state index contributed by atoms with van der Waals surface area (Å²) in [4.78, 5) is 13.3. The van der Waals surface area contributed by atoms with Gasteiger partial charge in [0.15, 0.2) is 0 Å². The topological polar surface area (TPSA) is 86.7 Å². The average Bonchev–Trinajstić information content (AvgIpc) is 2.39. The summed E-state index contributed by atoms with van der Waals surface area (Å²) in [6.45, 7) is 1.30. The molecule has 6 nitrogen and oxygen atoms in total. The molecule has 0 bridgehead atoms. The molecule has 110 valence electrons. The van der Waals surface area contributed by atoms with E-state index in [1.165, 1.54) is 12.1 Å². The molecule has 0 aliphatic carbocycles. The maximum atomic E-state index is 12.2. The van der Waals surface area contributed by atoms with E-state index in [1.807, 2.05) is 0 Å². The van der Waals surface area contributed by atoms with Crippen LogP contribution in [0.3, 0.4) is 0 Å². The van der Waals surface area contributed by atoms with Crippen LogP contribution in [0.2, 0.25) is 5.02 Å². The number of hydrazine groups is 1. The lowest BCUT2D eigenvalue weighted by molar-refractivity contribution is 0.0697. The minimum absolute atomic E-state index is 0.00872. The molecule has 1 fully saturated rings. The number of hydrogen-bond donors (Lipinski definition) is 2. The van der Waals surface area contributed by atoms with Crippen molar-refractivity contribution in [2.75, 3.05) is 13.1 Å². The maximum absolute atomic E-state index is 12.2. The van der Waals surface area contributed by atoms with Crippen molar-refractivity contribution in [1.82, 2.24) is 9.84 Å². The summed E-state index contributed by atoms with van der Waals surface area (Å²) in [6.07, 6.45) is 2.95. The van der Waals surface area contributed by atoms with Gasteiger partial charge in [0, 0.05) is 13.1 Å². The molecule has 1 aliphatic rings. The minimum Gasteiger partial charge on any atom is -0.478 e. The smallest absolute Gasteiger partial charge is 0.337 e. The SMILES string of the molecule is O=C(O)c1cc(S(=O)(=O)NN2CCCCC2)ccc1Cl. The number of sulfonamides is 1. The van der Waals surface area contributed by atoms with Gasteiger partial charge in [-0.15, -0.1) is 4.83 Å². The fourth-order valence-corrected chi connectivity index (χ4v) is 3.39. The van der Waals surface area contributed by atoms with Gasteiger partial charge in [-0.1, -0.05) is 18.0 Å². The van der Waals surface area contributed by atoms with Gasteiger partial charge in [-0.3, -0.25) is 0 Å². The van der Waals surface area contributed by atoms with Gasteiger partial charge in [0.2, 0.25) is 0 Å². The highest BCUT2D eigenvalue weighted by atomic mass is 35.5. The maximum Gasteiger partial charge on any atom is 0.337 e. The predicted octanol–water partition coefficient (Wildman–Crippen LogP) is 1.72. The Labute approximate surface area is 122 Å². The zero-order valence-corrected chi connectivity index (χ0v) is 12.2. The second-order valence-corrected chi connectivity index (χ2v) is 6.66. The third kappa shape index (κ3) is 3.49. The number of hydrogen-bond acceptors (Lipinski definition) is 4. The van der Waals surface area contributed by atoms with Gasteiger partial charge in [-0.25, -0.2) is 18.2 Å². The van der Waals surface area contributed by atoms with E-state index in [0.717, 1.165) is 25.3 Å². The molecule has 8 heteroatoms. The van der Waals surface area contributed by atoms with E-state index < -0.39 is 16.0 Å². The standard InChI is InChI=1S/C12H15ClN2O4S/c13-11-5-4-9(8-10(11)12(16)17)20(18,19)14-15-6-2-1-3-7-15/h4-5,8,14H,1-3,6-7H2,(H,16,17). The summed E-state index contributed by atoms with van der Waals surface area (Å²) in [6, 6.07) is 3.63. The van der Waals surface area contributed by atoms with Crippen LogP contribution in [0.25, 0.3) is 0 Å². The van der Waals surface area contributed by atoms with Crippen LogP contribution in [0.4, 0.5) is 0 Å². The van der Waals surface area contributed by atoms with Crippen LogP contribution in [-0.2, 0) is 10.0 Å². The zero-order valence-electron chi connectivity index (χ0n) is 10.7. The fourth-order valence-electron chi connectivity index (χ4n) is 2.04. The minimum atomic E-state index is -3.78. The highest BCUT2D eigenvalue weighted by molar-refractivity contribution is 7.89. The summed E-state index contributed by atoms with van der Waals surface area (Å²) >= 11 is 5.73. The quantitative estimate of drug-likeness (QED) is 0.882. The zero-order chi connectivity index (χ0) is 14.8. The first-order valence-electron chi connectivity index (χ1n) is 6.20. The molecular weight excluding hydrogens is 304 g/mol. The summed E-state index contributed by atoms with van der Waals surface area (Å²) in [5.74, 6) is -1.26. The molecule has 0 unspecified atom stereocenters. The van der Waals surface area contributed by atoms with Crippen molar-refractivity contribution in [2.24, 2.45) is 0 Å². The molecule has 2 rings (SSSR count). The van der Waals surface area contributed by atoms with Gasteiger partial charge in [0.1, 0.15) is 0 Å². The van der Waals surface area contributed by atoms with Crippen LogP contribution in [0.1, 0.15) is 29.6 Å². The van der Waals surface area contributed by atoms with Crippen molar-refractivity contribution in [3.8, 4) is 0 Å². The molecule has 0 amide bonds. The van der Waals surface area contributed by atoms with Crippen molar-refractivity contribution in [3.63, 3.8) is 0 Å². The van der Waals surface area contributed by atoms with E-state index in [0.29, 0.717) is 13.1 Å². The number of benzene rings is 1. The van der Waals surface area contributed by atoms with Crippen molar-refractivity contribution in [2.45, 2.75) is 24.2 Å². The van der Waals surface area contributed by atoms with E-state index in [-0.39, 0.29) is 15.5 Å². The van der Waals surface area contributed by atoms with Crippen LogP contribution in [0.5, 0.6) is 0 Å². The van der Waals surface area contributed by atoms with Crippen molar-refractivity contribution in [1.29, 1.82) is 0 Å². The normalized spacial score (nSPS) is 17.1. The number of carboxylic acid groups (broad SMARTS) is 1. The van der Waals surface area contributed by atoms with Gasteiger partial charge in [0.25, 0.3) is 10.0 Å². The van der Waals surface area contributed by atoms with Gasteiger partial charge in [-0.05, 0) is 31.0 Å². The first-order valence-corrected chi connectivity index (χ1v) is 8.06. The van der Waals surface area contributed by atoms with Crippen LogP contribution in [-0.4, -0.2) is 37.6 Å². The second-order valence-electron chi connectivity index (χ2n) is 4.59. The Morgan fingerprint density at radius 2 is 1.90 bits per heavy atom. The monoisotopic (exact) mass is 318 g/mol. The Morgan fingerprint density at radius 1 is 1.25 bits per heavy atom. The molecule has 0 atom stereocenters. The number of rotatable bonds is 4. The third-order valence-electron chi connectivity index (χ3n) is 3.08. The fraction of sp³-hybridized carbons (Fsp3) is 0.417. The lowest BCUT2D eigenvalue weighted by Crippen LogP contribution is -2.44. The van der Waals surface area contributed by atoms with Crippen LogP contribution >= 0.6 is 11.6 Å². The van der Waals surface area contributed by atoms with Crippen molar-refractivity contribution < 1.29 is 18.3 Å². The van der Waals surface area contributed by atoms with E-state index in [4.69, 9.17) is 16.7 Å². The van der Waals surface area contributed by atoms with E-state index in [9.17, 15) is 13.2 Å². The Balaban J connectivity index is 2.24. The first-order chi connectivity index (χ1) is 9.40. The van der Waals surface area contributed by atoms with E-state index >= 15 is 0 Å². The summed E-state index contributed by atoms with van der Waals surface area (Å²) in [5, 5.41) is 10.6. The van der Waals surface area contributed by atoms with Crippen LogP contribution < -0.4 is 4.83 Å². The summed E-state index contributed by atoms with van der Waals surface area (Å²) < 4.78 is 24.4. The molecule has 1 heterocycles. The van der Waals surface area contributed by atoms with Crippen molar-refractivity contribution >= 4 is 27.6 Å². The number of halogens is 1. The van der Waals surface area contributed by atoms with E-state index in [2.05, 4.69) is 4.83 Å². The Hall–Kier alpha value is -1.15. The first kappa shape index (κ1) is 15.2. The molecule has 0 saturated carbocycles. The number of nitrogens with one attached hydrogen (secondary N) is 1. The Bertz CT molecular complexity index is 612. The third-order valence-corrected chi connectivity index (χ3v) is 4.79. The number of carbonyl (C=O) groups is 1. The van der Waals surface area contributed by atoms with Crippen LogP contribution in [0.15, 0.2) is 23.1 Å². The van der Waals surface area contributed by atoms with Gasteiger partial charge >= 0.3 is 5.97 Å². The largest absolute Gasteiger partial charge is 0.478 e. The molecule has 1 aromatic carbocycles. The number of piperidine rings is 1. The van der Waals surface area contributed by atoms with Gasteiger partial charge < -0.3 is 5.11 Å². The molecule has 1 aliphatic heterocycles.